The molecule has 1 saturated carbocycles. The number of hydrogen-bond acceptors (Lipinski definition) is 9. The van der Waals surface area contributed by atoms with Crippen molar-refractivity contribution in [1.82, 2.24) is 14.6 Å². The first-order valence-electron chi connectivity index (χ1n) is 10.3. The van der Waals surface area contributed by atoms with Crippen molar-refractivity contribution in [3.05, 3.63) is 24.2 Å². The Morgan fingerprint density at radius 3 is 2.77 bits per heavy atom. The average Bonchev–Trinajstić information content (AvgIpc) is 3.29. The molecule has 1 aliphatic carbocycles. The Labute approximate surface area is 173 Å². The molecule has 2 aromatic rings. The van der Waals surface area contributed by atoms with E-state index >= 15 is 0 Å². The number of aliphatic hydroxyl groups is 2. The monoisotopic (exact) mass is 420 g/mol. The Morgan fingerprint density at radius 1 is 1.27 bits per heavy atom. The number of rotatable bonds is 5. The highest BCUT2D eigenvalue weighted by atomic mass is 16.7. The van der Waals surface area contributed by atoms with Crippen LogP contribution in [0.2, 0.25) is 0 Å². The standard InChI is InChI=1S/C20H28N4O6/c1-20(15-8-7-13-18(21)22-11-23-24(13)15)17(26)16(25)14(30-20)10-29-19(27)28-9-12-5-3-2-4-6-12/h7-8,11-12,14,16-17,25-26H,2-6,9-10H2,1H3,(H2,21,22,23)/t14-,16-,17-,20+/m1/s1. The fourth-order valence-electron chi connectivity index (χ4n) is 4.39. The fraction of sp³-hybridized carbons (Fsp3) is 0.650. The number of ether oxygens (including phenoxy) is 3. The van der Waals surface area contributed by atoms with Gasteiger partial charge in [0.05, 0.1) is 12.3 Å². The molecule has 0 aromatic carbocycles. The van der Waals surface area contributed by atoms with Crippen LogP contribution in [0.4, 0.5) is 10.6 Å². The van der Waals surface area contributed by atoms with E-state index in [1.807, 2.05) is 0 Å². The van der Waals surface area contributed by atoms with Gasteiger partial charge in [0.25, 0.3) is 0 Å². The lowest BCUT2D eigenvalue weighted by atomic mass is 9.90. The molecule has 2 aromatic heterocycles. The first kappa shape index (κ1) is 20.8. The third-order valence-electron chi connectivity index (χ3n) is 6.18. The van der Waals surface area contributed by atoms with E-state index in [0.29, 0.717) is 23.7 Å². The van der Waals surface area contributed by atoms with E-state index in [9.17, 15) is 15.0 Å². The van der Waals surface area contributed by atoms with Crippen LogP contribution in [-0.2, 0) is 19.8 Å². The van der Waals surface area contributed by atoms with Crippen LogP contribution < -0.4 is 5.73 Å². The highest BCUT2D eigenvalue weighted by Crippen LogP contribution is 2.40. The van der Waals surface area contributed by atoms with Gasteiger partial charge in [0.1, 0.15) is 42.4 Å². The molecular weight excluding hydrogens is 392 g/mol. The van der Waals surface area contributed by atoms with E-state index < -0.39 is 30.1 Å². The van der Waals surface area contributed by atoms with Crippen LogP contribution in [0.1, 0.15) is 44.7 Å². The zero-order valence-corrected chi connectivity index (χ0v) is 16.9. The molecule has 0 unspecified atom stereocenters. The molecule has 10 nitrogen and oxygen atoms in total. The summed E-state index contributed by atoms with van der Waals surface area (Å²) in [5.74, 6) is 0.662. The third kappa shape index (κ3) is 3.82. The molecule has 1 aliphatic heterocycles. The molecule has 1 saturated heterocycles. The molecule has 2 fully saturated rings. The van der Waals surface area contributed by atoms with E-state index in [4.69, 9.17) is 19.9 Å². The Balaban J connectivity index is 1.39. The van der Waals surface area contributed by atoms with Crippen LogP contribution in [0.3, 0.4) is 0 Å². The van der Waals surface area contributed by atoms with Crippen molar-refractivity contribution in [3.63, 3.8) is 0 Å². The summed E-state index contributed by atoms with van der Waals surface area (Å²) in [7, 11) is 0. The van der Waals surface area contributed by atoms with Crippen LogP contribution in [-0.4, -0.2) is 62.5 Å². The molecule has 2 aliphatic rings. The van der Waals surface area contributed by atoms with Crippen LogP contribution in [0.25, 0.3) is 5.52 Å². The predicted molar refractivity (Wildman–Crippen MR) is 106 cm³/mol. The van der Waals surface area contributed by atoms with Gasteiger partial charge in [-0.15, -0.1) is 0 Å². The Bertz CT molecular complexity index is 899. The molecule has 0 spiro atoms. The highest BCUT2D eigenvalue weighted by Gasteiger charge is 2.54. The molecule has 4 atom stereocenters. The summed E-state index contributed by atoms with van der Waals surface area (Å²) in [5, 5.41) is 25.3. The Kier molecular flexibility index (Phi) is 5.81. The molecule has 164 valence electrons. The largest absolute Gasteiger partial charge is 0.508 e. The quantitative estimate of drug-likeness (QED) is 0.612. The highest BCUT2D eigenvalue weighted by molar-refractivity contribution is 5.65. The van der Waals surface area contributed by atoms with Crippen molar-refractivity contribution in [2.45, 2.75) is 62.9 Å². The van der Waals surface area contributed by atoms with Gasteiger partial charge in [-0.2, -0.15) is 5.10 Å². The molecule has 4 rings (SSSR count). The van der Waals surface area contributed by atoms with Gasteiger partial charge < -0.3 is 30.2 Å². The number of aromatic nitrogens is 3. The summed E-state index contributed by atoms with van der Waals surface area (Å²) >= 11 is 0. The van der Waals surface area contributed by atoms with E-state index in [0.717, 1.165) is 25.7 Å². The first-order valence-corrected chi connectivity index (χ1v) is 10.3. The molecule has 0 bridgehead atoms. The van der Waals surface area contributed by atoms with Crippen LogP contribution in [0.15, 0.2) is 18.5 Å². The lowest BCUT2D eigenvalue weighted by molar-refractivity contribution is -0.0942. The van der Waals surface area contributed by atoms with Gasteiger partial charge in [0, 0.05) is 0 Å². The van der Waals surface area contributed by atoms with Crippen molar-refractivity contribution in [2.24, 2.45) is 5.92 Å². The minimum absolute atomic E-state index is 0.238. The van der Waals surface area contributed by atoms with Crippen LogP contribution >= 0.6 is 0 Å². The number of carbonyl (C=O) groups is 1. The van der Waals surface area contributed by atoms with Crippen molar-refractivity contribution in [1.29, 1.82) is 0 Å². The second-order valence-corrected chi connectivity index (χ2v) is 8.24. The molecule has 0 radical (unpaired) electrons. The summed E-state index contributed by atoms with van der Waals surface area (Å²) < 4.78 is 17.8. The maximum atomic E-state index is 12.0. The smallest absolute Gasteiger partial charge is 0.434 e. The second kappa shape index (κ2) is 8.37. The number of carbonyl (C=O) groups excluding carboxylic acids is 1. The van der Waals surface area contributed by atoms with Gasteiger partial charge in [-0.25, -0.2) is 14.3 Å². The molecular formula is C20H28N4O6. The van der Waals surface area contributed by atoms with Crippen LogP contribution in [0, 0.1) is 5.92 Å². The Morgan fingerprint density at radius 2 is 2.00 bits per heavy atom. The number of aliphatic hydroxyl groups excluding tert-OH is 2. The van der Waals surface area contributed by atoms with E-state index in [1.165, 1.54) is 17.3 Å². The normalized spacial score (nSPS) is 29.9. The fourth-order valence-corrected chi connectivity index (χ4v) is 4.39. The second-order valence-electron chi connectivity index (χ2n) is 8.24. The van der Waals surface area contributed by atoms with Gasteiger partial charge in [0.2, 0.25) is 0 Å². The minimum atomic E-state index is -1.29. The van der Waals surface area contributed by atoms with Gasteiger partial charge in [-0.1, -0.05) is 19.3 Å². The van der Waals surface area contributed by atoms with Gasteiger partial charge >= 0.3 is 6.16 Å². The molecule has 4 N–H and O–H groups in total. The van der Waals surface area contributed by atoms with E-state index in [2.05, 4.69) is 10.1 Å². The summed E-state index contributed by atoms with van der Waals surface area (Å²) in [6.45, 7) is 1.74. The van der Waals surface area contributed by atoms with Gasteiger partial charge in [-0.05, 0) is 37.8 Å². The summed E-state index contributed by atoms with van der Waals surface area (Å²) in [6, 6.07) is 3.42. The zero-order valence-electron chi connectivity index (χ0n) is 16.9. The lowest BCUT2D eigenvalue weighted by Crippen LogP contribution is -2.39. The van der Waals surface area contributed by atoms with E-state index in [-0.39, 0.29) is 12.4 Å². The third-order valence-corrected chi connectivity index (χ3v) is 6.18. The lowest BCUT2D eigenvalue weighted by Gasteiger charge is -2.27. The van der Waals surface area contributed by atoms with E-state index in [1.54, 1.807) is 19.1 Å². The van der Waals surface area contributed by atoms with Crippen molar-refractivity contribution >= 4 is 17.5 Å². The van der Waals surface area contributed by atoms with Crippen molar-refractivity contribution < 1.29 is 29.2 Å². The van der Waals surface area contributed by atoms with Gasteiger partial charge in [0.15, 0.2) is 5.82 Å². The number of nitrogen functional groups attached to an aromatic ring is 1. The minimum Gasteiger partial charge on any atom is -0.434 e. The first-order chi connectivity index (χ1) is 14.4. The maximum absolute atomic E-state index is 12.0. The molecule has 10 heteroatoms. The average molecular weight is 420 g/mol. The molecule has 3 heterocycles. The van der Waals surface area contributed by atoms with Crippen LogP contribution in [0.5, 0.6) is 0 Å². The van der Waals surface area contributed by atoms with Crippen molar-refractivity contribution in [3.8, 4) is 0 Å². The topological polar surface area (TPSA) is 141 Å². The SMILES string of the molecule is C[C@@]1(c2ccc3c(N)ncnn23)O[C@H](COC(=O)OCC2CCCCC2)[C@@H](O)[C@H]1O. The summed E-state index contributed by atoms with van der Waals surface area (Å²) in [6.07, 6.45) is 2.72. The number of fused-ring (bicyclic) bond motifs is 1. The predicted octanol–water partition coefficient (Wildman–Crippen LogP) is 1.38. The molecule has 0 amide bonds. The number of nitrogens with zero attached hydrogens (tertiary/aromatic N) is 3. The summed E-state index contributed by atoms with van der Waals surface area (Å²) in [5.41, 5.74) is 5.64. The number of hydrogen-bond donors (Lipinski definition) is 3. The van der Waals surface area contributed by atoms with Gasteiger partial charge in [-0.3, -0.25) is 0 Å². The molecule has 30 heavy (non-hydrogen) atoms. The number of nitrogens with two attached hydrogens (primary N) is 1. The van der Waals surface area contributed by atoms with Crippen molar-refractivity contribution in [2.75, 3.05) is 18.9 Å². The number of anilines is 1. The Hall–Kier alpha value is -2.43. The maximum Gasteiger partial charge on any atom is 0.508 e. The summed E-state index contributed by atoms with van der Waals surface area (Å²) in [4.78, 5) is 15.9. The zero-order chi connectivity index (χ0) is 21.3.